The molecular weight excluding hydrogens is 386 g/mol. The van der Waals surface area contributed by atoms with Crippen LogP contribution in [-0.2, 0) is 17.9 Å². The van der Waals surface area contributed by atoms with Gasteiger partial charge in [0.25, 0.3) is 5.56 Å². The molecule has 2 aromatic carbocycles. The van der Waals surface area contributed by atoms with E-state index in [-0.39, 0.29) is 24.8 Å². The zero-order chi connectivity index (χ0) is 21.1. The lowest BCUT2D eigenvalue weighted by Gasteiger charge is -2.13. The molecule has 30 heavy (non-hydrogen) atoms. The van der Waals surface area contributed by atoms with Crippen molar-refractivity contribution in [3.63, 3.8) is 0 Å². The van der Waals surface area contributed by atoms with Crippen molar-refractivity contribution in [2.75, 3.05) is 13.9 Å². The van der Waals surface area contributed by atoms with Crippen LogP contribution in [-0.4, -0.2) is 29.4 Å². The van der Waals surface area contributed by atoms with E-state index in [1.807, 2.05) is 12.1 Å². The van der Waals surface area contributed by atoms with Crippen LogP contribution in [0.5, 0.6) is 17.2 Å². The summed E-state index contributed by atoms with van der Waals surface area (Å²) in [7, 11) is 1.58. The van der Waals surface area contributed by atoms with Gasteiger partial charge in [0.2, 0.25) is 12.7 Å². The zero-order valence-corrected chi connectivity index (χ0v) is 16.7. The van der Waals surface area contributed by atoms with Gasteiger partial charge in [-0.1, -0.05) is 6.07 Å². The molecule has 0 unspecified atom stereocenters. The number of nitrogens with zero attached hydrogens (tertiary/aromatic N) is 2. The topological polar surface area (TPSA) is 91.7 Å². The number of hydrogen-bond acceptors (Lipinski definition) is 6. The summed E-state index contributed by atoms with van der Waals surface area (Å²) in [5.74, 6) is 2.17. The number of nitrogens with one attached hydrogen (secondary N) is 1. The van der Waals surface area contributed by atoms with E-state index in [4.69, 9.17) is 14.2 Å². The van der Waals surface area contributed by atoms with E-state index < -0.39 is 0 Å². The van der Waals surface area contributed by atoms with E-state index in [1.165, 1.54) is 10.6 Å². The monoisotopic (exact) mass is 407 g/mol. The molecule has 0 saturated heterocycles. The van der Waals surface area contributed by atoms with E-state index in [2.05, 4.69) is 10.3 Å². The van der Waals surface area contributed by atoms with Crippen LogP contribution in [0.15, 0.2) is 53.3 Å². The van der Waals surface area contributed by atoms with Crippen molar-refractivity contribution in [1.82, 2.24) is 14.9 Å². The summed E-state index contributed by atoms with van der Waals surface area (Å²) in [4.78, 5) is 29.6. The summed E-state index contributed by atoms with van der Waals surface area (Å²) in [6.45, 7) is 2.11. The van der Waals surface area contributed by atoms with Gasteiger partial charge in [0.05, 0.1) is 7.11 Å². The zero-order valence-electron chi connectivity index (χ0n) is 16.7. The van der Waals surface area contributed by atoms with Gasteiger partial charge in [0, 0.05) is 23.9 Å². The Balaban J connectivity index is 1.51. The van der Waals surface area contributed by atoms with Crippen molar-refractivity contribution in [3.05, 3.63) is 70.1 Å². The molecule has 1 aromatic heterocycles. The molecule has 0 bridgehead atoms. The van der Waals surface area contributed by atoms with Gasteiger partial charge in [-0.2, -0.15) is 0 Å². The van der Waals surface area contributed by atoms with Gasteiger partial charge in [0.1, 0.15) is 18.1 Å². The average molecular weight is 407 g/mol. The number of amides is 1. The Hall–Kier alpha value is -3.81. The summed E-state index contributed by atoms with van der Waals surface area (Å²) < 4.78 is 17.2. The Morgan fingerprint density at radius 3 is 2.67 bits per heavy atom. The maximum absolute atomic E-state index is 12.6. The van der Waals surface area contributed by atoms with Crippen molar-refractivity contribution in [3.8, 4) is 28.6 Å². The quantitative estimate of drug-likeness (QED) is 0.674. The highest BCUT2D eigenvalue weighted by molar-refractivity contribution is 5.76. The van der Waals surface area contributed by atoms with Crippen molar-refractivity contribution in [2.45, 2.75) is 20.0 Å². The largest absolute Gasteiger partial charge is 0.497 e. The van der Waals surface area contributed by atoms with Crippen LogP contribution < -0.4 is 25.1 Å². The second-order valence-electron chi connectivity index (χ2n) is 6.84. The first-order chi connectivity index (χ1) is 14.5. The average Bonchev–Trinajstić information content (AvgIpc) is 3.22. The lowest BCUT2D eigenvalue weighted by atomic mass is 10.2. The van der Waals surface area contributed by atoms with Crippen molar-refractivity contribution in [2.24, 2.45) is 0 Å². The molecule has 3 aromatic rings. The first-order valence-electron chi connectivity index (χ1n) is 9.41. The Labute approximate surface area is 173 Å². The molecule has 1 aliphatic heterocycles. The van der Waals surface area contributed by atoms with Crippen LogP contribution in [0.25, 0.3) is 11.4 Å². The molecule has 8 nitrogen and oxygen atoms in total. The van der Waals surface area contributed by atoms with E-state index >= 15 is 0 Å². The van der Waals surface area contributed by atoms with Gasteiger partial charge in [-0.25, -0.2) is 4.98 Å². The minimum Gasteiger partial charge on any atom is -0.497 e. The van der Waals surface area contributed by atoms with E-state index in [0.717, 1.165) is 11.1 Å². The Morgan fingerprint density at radius 2 is 1.90 bits per heavy atom. The normalized spacial score (nSPS) is 11.9. The minimum atomic E-state index is -0.296. The number of aromatic nitrogens is 2. The maximum atomic E-state index is 12.6. The molecule has 0 saturated carbocycles. The third kappa shape index (κ3) is 4.12. The van der Waals surface area contributed by atoms with Crippen LogP contribution in [0.3, 0.4) is 0 Å². The molecule has 8 heteroatoms. The highest BCUT2D eigenvalue weighted by Crippen LogP contribution is 2.32. The molecule has 4 rings (SSSR count). The molecule has 154 valence electrons. The molecule has 1 N–H and O–H groups in total. The van der Waals surface area contributed by atoms with Crippen LogP contribution >= 0.6 is 0 Å². The molecule has 0 aliphatic carbocycles. The Kier molecular flexibility index (Phi) is 5.38. The molecule has 1 aliphatic rings. The van der Waals surface area contributed by atoms with Crippen LogP contribution in [0.1, 0.15) is 11.3 Å². The number of benzene rings is 2. The second kappa shape index (κ2) is 8.28. The Bertz CT molecular complexity index is 1140. The third-order valence-corrected chi connectivity index (χ3v) is 4.71. The number of carbonyl (C=O) groups is 1. The van der Waals surface area contributed by atoms with Gasteiger partial charge in [0.15, 0.2) is 11.5 Å². The summed E-state index contributed by atoms with van der Waals surface area (Å²) in [6.07, 6.45) is 0. The fourth-order valence-electron chi connectivity index (χ4n) is 3.19. The number of carbonyl (C=O) groups excluding carboxylic acids is 1. The predicted octanol–water partition coefficient (Wildman–Crippen LogP) is 2.27. The Morgan fingerprint density at radius 1 is 1.13 bits per heavy atom. The maximum Gasteiger partial charge on any atom is 0.254 e. The fraction of sp³-hybridized carbons (Fsp3) is 0.227. The number of aryl methyl sites for hydroxylation is 1. The molecule has 0 radical (unpaired) electrons. The third-order valence-electron chi connectivity index (χ3n) is 4.71. The number of methoxy groups -OCH3 is 1. The first kappa shape index (κ1) is 19.5. The van der Waals surface area contributed by atoms with Crippen molar-refractivity contribution in [1.29, 1.82) is 0 Å². The van der Waals surface area contributed by atoms with Crippen LogP contribution in [0.4, 0.5) is 0 Å². The molecule has 0 atom stereocenters. The number of fused-ring (bicyclic) bond motifs is 1. The van der Waals surface area contributed by atoms with E-state index in [0.29, 0.717) is 35.3 Å². The summed E-state index contributed by atoms with van der Waals surface area (Å²) in [5, 5.41) is 2.83. The number of ether oxygens (including phenoxy) is 3. The van der Waals surface area contributed by atoms with E-state index in [9.17, 15) is 9.59 Å². The first-order valence-corrected chi connectivity index (χ1v) is 9.41. The standard InChI is InChI=1S/C22H21N3O5/c1-14-9-21(27)25(22(24-14)16-4-6-17(28-2)7-5-16)12-20(26)23-11-15-3-8-18-19(10-15)30-13-29-18/h3-10H,11-13H2,1-2H3,(H,23,26). The molecule has 0 spiro atoms. The molecule has 0 fully saturated rings. The highest BCUT2D eigenvalue weighted by atomic mass is 16.7. The molecule has 2 heterocycles. The lowest BCUT2D eigenvalue weighted by Crippen LogP contribution is -2.33. The van der Waals surface area contributed by atoms with Gasteiger partial charge in [-0.3, -0.25) is 14.2 Å². The second-order valence-corrected chi connectivity index (χ2v) is 6.84. The predicted molar refractivity (Wildman–Crippen MR) is 110 cm³/mol. The summed E-state index contributed by atoms with van der Waals surface area (Å²) in [6, 6.07) is 14.1. The SMILES string of the molecule is COc1ccc(-c2nc(C)cc(=O)n2CC(=O)NCc2ccc3c(c2)OCO3)cc1. The minimum absolute atomic E-state index is 0.141. The molecule has 1 amide bonds. The lowest BCUT2D eigenvalue weighted by molar-refractivity contribution is -0.121. The number of hydrogen-bond donors (Lipinski definition) is 1. The summed E-state index contributed by atoms with van der Waals surface area (Å²) in [5.41, 5.74) is 1.90. The number of rotatable bonds is 6. The van der Waals surface area contributed by atoms with Crippen LogP contribution in [0.2, 0.25) is 0 Å². The smallest absolute Gasteiger partial charge is 0.254 e. The summed E-state index contributed by atoms with van der Waals surface area (Å²) >= 11 is 0. The van der Waals surface area contributed by atoms with Crippen molar-refractivity contribution >= 4 is 5.91 Å². The fourth-order valence-corrected chi connectivity index (χ4v) is 3.19. The van der Waals surface area contributed by atoms with Crippen molar-refractivity contribution < 1.29 is 19.0 Å². The van der Waals surface area contributed by atoms with Gasteiger partial charge < -0.3 is 19.5 Å². The van der Waals surface area contributed by atoms with Gasteiger partial charge in [-0.05, 0) is 48.9 Å². The molecular formula is C22H21N3O5. The van der Waals surface area contributed by atoms with Crippen LogP contribution in [0, 0.1) is 6.92 Å². The van der Waals surface area contributed by atoms with Gasteiger partial charge in [-0.15, -0.1) is 0 Å². The van der Waals surface area contributed by atoms with Gasteiger partial charge >= 0.3 is 0 Å². The van der Waals surface area contributed by atoms with E-state index in [1.54, 1.807) is 44.4 Å². The highest BCUT2D eigenvalue weighted by Gasteiger charge is 2.15.